The SMILES string of the molecule is N/C(=N/O)c1cc(CO)ccn1. The first kappa shape index (κ1) is 8.48. The standard InChI is InChI=1S/C7H9N3O2/c8-7(10-12)6-3-5(4-11)1-2-9-6/h1-3,11-12H,4H2,(H2,8,10). The molecule has 1 rings (SSSR count). The second-order valence-electron chi connectivity index (χ2n) is 2.19. The van der Waals surface area contributed by atoms with E-state index in [1.165, 1.54) is 6.20 Å². The van der Waals surface area contributed by atoms with Gasteiger partial charge in [0.05, 0.1) is 6.61 Å². The molecule has 0 fully saturated rings. The van der Waals surface area contributed by atoms with E-state index in [1.54, 1.807) is 12.1 Å². The summed E-state index contributed by atoms with van der Waals surface area (Å²) in [7, 11) is 0. The minimum absolute atomic E-state index is 0.0645. The number of nitrogens with zero attached hydrogens (tertiary/aromatic N) is 2. The number of hydrogen-bond donors (Lipinski definition) is 3. The van der Waals surface area contributed by atoms with E-state index in [4.69, 9.17) is 16.0 Å². The van der Waals surface area contributed by atoms with E-state index >= 15 is 0 Å². The topological polar surface area (TPSA) is 91.7 Å². The van der Waals surface area contributed by atoms with Crippen LogP contribution in [0, 0.1) is 0 Å². The zero-order chi connectivity index (χ0) is 8.97. The maximum atomic E-state index is 8.75. The molecule has 1 heterocycles. The van der Waals surface area contributed by atoms with Crippen molar-refractivity contribution in [3.63, 3.8) is 0 Å². The summed E-state index contributed by atoms with van der Waals surface area (Å²) in [5.74, 6) is -0.0645. The number of hydrogen-bond acceptors (Lipinski definition) is 4. The summed E-state index contributed by atoms with van der Waals surface area (Å²) in [5.41, 5.74) is 6.30. The summed E-state index contributed by atoms with van der Waals surface area (Å²) >= 11 is 0. The number of rotatable bonds is 2. The Morgan fingerprint density at radius 3 is 3.00 bits per heavy atom. The Labute approximate surface area is 69.2 Å². The van der Waals surface area contributed by atoms with Gasteiger partial charge in [-0.15, -0.1) is 0 Å². The molecule has 5 heteroatoms. The van der Waals surface area contributed by atoms with Crippen LogP contribution in [0.3, 0.4) is 0 Å². The minimum Gasteiger partial charge on any atom is -0.409 e. The van der Waals surface area contributed by atoms with Crippen LogP contribution in [0.4, 0.5) is 0 Å². The molecule has 1 aromatic heterocycles. The number of amidine groups is 1. The van der Waals surface area contributed by atoms with Crippen LogP contribution in [0.2, 0.25) is 0 Å². The molecule has 0 aliphatic rings. The first-order valence-corrected chi connectivity index (χ1v) is 3.31. The third kappa shape index (κ3) is 1.70. The zero-order valence-electron chi connectivity index (χ0n) is 6.31. The Morgan fingerprint density at radius 2 is 2.42 bits per heavy atom. The van der Waals surface area contributed by atoms with Crippen LogP contribution < -0.4 is 5.73 Å². The fourth-order valence-corrected chi connectivity index (χ4v) is 0.764. The molecular formula is C7H9N3O2. The van der Waals surface area contributed by atoms with E-state index in [0.29, 0.717) is 11.3 Å². The molecule has 0 unspecified atom stereocenters. The van der Waals surface area contributed by atoms with Crippen LogP contribution in [0.5, 0.6) is 0 Å². The van der Waals surface area contributed by atoms with E-state index < -0.39 is 0 Å². The van der Waals surface area contributed by atoms with Crippen molar-refractivity contribution in [2.75, 3.05) is 0 Å². The molecule has 0 atom stereocenters. The highest BCUT2D eigenvalue weighted by atomic mass is 16.4. The van der Waals surface area contributed by atoms with Gasteiger partial charge < -0.3 is 16.0 Å². The van der Waals surface area contributed by atoms with Gasteiger partial charge in [-0.2, -0.15) is 0 Å². The summed E-state index contributed by atoms with van der Waals surface area (Å²) in [6.07, 6.45) is 1.49. The molecule has 0 spiro atoms. The first-order chi connectivity index (χ1) is 5.77. The van der Waals surface area contributed by atoms with Crippen molar-refractivity contribution < 1.29 is 10.3 Å². The van der Waals surface area contributed by atoms with E-state index in [1.807, 2.05) is 0 Å². The number of nitrogens with two attached hydrogens (primary N) is 1. The Balaban J connectivity index is 3.02. The maximum Gasteiger partial charge on any atom is 0.188 e. The van der Waals surface area contributed by atoms with Crippen LogP contribution in [0.15, 0.2) is 23.5 Å². The molecule has 1 aromatic rings. The molecule has 5 nitrogen and oxygen atoms in total. The Kier molecular flexibility index (Phi) is 2.60. The van der Waals surface area contributed by atoms with Crippen molar-refractivity contribution in [2.24, 2.45) is 10.9 Å². The lowest BCUT2D eigenvalue weighted by molar-refractivity contribution is 0.281. The fourth-order valence-electron chi connectivity index (χ4n) is 0.764. The summed E-state index contributed by atoms with van der Waals surface area (Å²) in [4.78, 5) is 3.83. The Morgan fingerprint density at radius 1 is 1.67 bits per heavy atom. The van der Waals surface area contributed by atoms with E-state index in [-0.39, 0.29) is 12.4 Å². The zero-order valence-corrected chi connectivity index (χ0v) is 6.31. The molecule has 0 aliphatic carbocycles. The van der Waals surface area contributed by atoms with Gasteiger partial charge in [0.15, 0.2) is 5.84 Å². The van der Waals surface area contributed by atoms with Gasteiger partial charge in [-0.05, 0) is 17.7 Å². The van der Waals surface area contributed by atoms with E-state index in [2.05, 4.69) is 10.1 Å². The third-order valence-corrected chi connectivity index (χ3v) is 1.38. The molecule has 12 heavy (non-hydrogen) atoms. The highest BCUT2D eigenvalue weighted by Gasteiger charge is 2.00. The van der Waals surface area contributed by atoms with Crippen LogP contribution in [0.25, 0.3) is 0 Å². The Hall–Kier alpha value is -1.62. The fraction of sp³-hybridized carbons (Fsp3) is 0.143. The Bertz CT molecular complexity index is 298. The van der Waals surface area contributed by atoms with Crippen molar-refractivity contribution in [1.82, 2.24) is 4.98 Å². The summed E-state index contributed by atoms with van der Waals surface area (Å²) in [6, 6.07) is 3.20. The predicted molar refractivity (Wildman–Crippen MR) is 42.7 cm³/mol. The van der Waals surface area contributed by atoms with Crippen molar-refractivity contribution in [3.8, 4) is 0 Å². The van der Waals surface area contributed by atoms with Crippen LogP contribution in [-0.4, -0.2) is 21.1 Å². The second-order valence-corrected chi connectivity index (χ2v) is 2.19. The van der Waals surface area contributed by atoms with Gasteiger partial charge in [0, 0.05) is 6.20 Å². The second kappa shape index (κ2) is 3.68. The lowest BCUT2D eigenvalue weighted by Gasteiger charge is -1.99. The lowest BCUT2D eigenvalue weighted by atomic mass is 10.2. The molecule has 4 N–H and O–H groups in total. The monoisotopic (exact) mass is 167 g/mol. The molecule has 0 amide bonds. The largest absolute Gasteiger partial charge is 0.409 e. The molecule has 0 radical (unpaired) electrons. The molecule has 0 bridgehead atoms. The number of aromatic nitrogens is 1. The average molecular weight is 167 g/mol. The highest BCUT2D eigenvalue weighted by Crippen LogP contribution is 2.00. The summed E-state index contributed by atoms with van der Waals surface area (Å²) in [6.45, 7) is -0.0891. The highest BCUT2D eigenvalue weighted by molar-refractivity contribution is 5.95. The molecule has 0 saturated carbocycles. The van der Waals surface area contributed by atoms with Gasteiger partial charge in [0.1, 0.15) is 5.69 Å². The van der Waals surface area contributed by atoms with E-state index in [9.17, 15) is 0 Å². The van der Waals surface area contributed by atoms with Crippen molar-refractivity contribution in [1.29, 1.82) is 0 Å². The molecular weight excluding hydrogens is 158 g/mol. The van der Waals surface area contributed by atoms with Gasteiger partial charge >= 0.3 is 0 Å². The smallest absolute Gasteiger partial charge is 0.188 e. The molecule has 0 saturated heterocycles. The van der Waals surface area contributed by atoms with Gasteiger partial charge in [-0.3, -0.25) is 4.98 Å². The summed E-state index contributed by atoms with van der Waals surface area (Å²) in [5, 5.41) is 19.8. The first-order valence-electron chi connectivity index (χ1n) is 3.31. The van der Waals surface area contributed by atoms with Crippen LogP contribution >= 0.6 is 0 Å². The number of pyridine rings is 1. The van der Waals surface area contributed by atoms with Gasteiger partial charge in [-0.1, -0.05) is 5.16 Å². The maximum absolute atomic E-state index is 8.75. The van der Waals surface area contributed by atoms with Gasteiger partial charge in [0.2, 0.25) is 0 Å². The normalized spacial score (nSPS) is 11.6. The van der Waals surface area contributed by atoms with Gasteiger partial charge in [0.25, 0.3) is 0 Å². The number of oxime groups is 1. The van der Waals surface area contributed by atoms with Crippen molar-refractivity contribution >= 4 is 5.84 Å². The van der Waals surface area contributed by atoms with E-state index in [0.717, 1.165) is 0 Å². The van der Waals surface area contributed by atoms with Crippen molar-refractivity contribution in [2.45, 2.75) is 6.61 Å². The summed E-state index contributed by atoms with van der Waals surface area (Å²) < 4.78 is 0. The lowest BCUT2D eigenvalue weighted by Crippen LogP contribution is -2.15. The minimum atomic E-state index is -0.0891. The van der Waals surface area contributed by atoms with Crippen LogP contribution in [0.1, 0.15) is 11.3 Å². The molecule has 0 aliphatic heterocycles. The van der Waals surface area contributed by atoms with Crippen LogP contribution in [-0.2, 0) is 6.61 Å². The van der Waals surface area contributed by atoms with Crippen molar-refractivity contribution in [3.05, 3.63) is 29.6 Å². The number of aliphatic hydroxyl groups excluding tert-OH is 1. The quantitative estimate of drug-likeness (QED) is 0.243. The predicted octanol–water partition coefficient (Wildman–Crippen LogP) is -0.332. The number of aliphatic hydroxyl groups is 1. The average Bonchev–Trinajstić information content (AvgIpc) is 2.17. The van der Waals surface area contributed by atoms with Gasteiger partial charge in [-0.25, -0.2) is 0 Å². The molecule has 0 aromatic carbocycles. The third-order valence-electron chi connectivity index (χ3n) is 1.38. The molecule has 64 valence electrons.